The predicted octanol–water partition coefficient (Wildman–Crippen LogP) is 1.91. The molecule has 0 heterocycles. The van der Waals surface area contributed by atoms with Crippen molar-refractivity contribution >= 4 is 11.6 Å². The lowest BCUT2D eigenvalue weighted by molar-refractivity contribution is 0.167. The maximum absolute atomic E-state index is 9.59. The number of phenolic OH excluding ortho intramolecular Hbond substituents is 1. The summed E-state index contributed by atoms with van der Waals surface area (Å²) in [5.41, 5.74) is 0.741. The summed E-state index contributed by atoms with van der Waals surface area (Å²) in [5.74, 6) is 0.109. The number of aliphatic hydroxyl groups excluding tert-OH is 1. The zero-order valence-electron chi connectivity index (χ0n) is 8.70. The van der Waals surface area contributed by atoms with Crippen molar-refractivity contribution in [2.24, 2.45) is 0 Å². The number of nitrogens with one attached hydrogen (secondary N) is 1. The van der Waals surface area contributed by atoms with Gasteiger partial charge in [-0.05, 0) is 12.5 Å². The Morgan fingerprint density at radius 1 is 1.47 bits per heavy atom. The molecule has 0 amide bonds. The molecule has 84 valence electrons. The van der Waals surface area contributed by atoms with Gasteiger partial charge in [-0.2, -0.15) is 0 Å². The Bertz CT molecular complexity index is 317. The SMILES string of the molecule is CCC(O)CNCc1cccc(Cl)c1O. The van der Waals surface area contributed by atoms with E-state index < -0.39 is 0 Å². The van der Waals surface area contributed by atoms with Crippen LogP contribution in [0.25, 0.3) is 0 Å². The highest BCUT2D eigenvalue weighted by molar-refractivity contribution is 6.32. The van der Waals surface area contributed by atoms with Crippen molar-refractivity contribution in [3.05, 3.63) is 28.8 Å². The van der Waals surface area contributed by atoms with Crippen LogP contribution in [0, 0.1) is 0 Å². The van der Waals surface area contributed by atoms with Crippen LogP contribution in [-0.4, -0.2) is 22.9 Å². The summed E-state index contributed by atoms with van der Waals surface area (Å²) in [6, 6.07) is 5.23. The van der Waals surface area contributed by atoms with Crippen molar-refractivity contribution in [3.8, 4) is 5.75 Å². The van der Waals surface area contributed by atoms with Gasteiger partial charge < -0.3 is 15.5 Å². The number of para-hydroxylation sites is 1. The van der Waals surface area contributed by atoms with Crippen LogP contribution in [-0.2, 0) is 6.54 Å². The molecule has 15 heavy (non-hydrogen) atoms. The third kappa shape index (κ3) is 3.70. The third-order valence-corrected chi connectivity index (χ3v) is 2.54. The Morgan fingerprint density at radius 3 is 2.87 bits per heavy atom. The summed E-state index contributed by atoms with van der Waals surface area (Å²) in [4.78, 5) is 0. The molecule has 4 heteroatoms. The molecule has 1 aromatic rings. The zero-order valence-corrected chi connectivity index (χ0v) is 9.46. The molecule has 3 N–H and O–H groups in total. The Labute approximate surface area is 94.7 Å². The summed E-state index contributed by atoms with van der Waals surface area (Å²) in [6.45, 7) is 2.94. The van der Waals surface area contributed by atoms with E-state index in [2.05, 4.69) is 5.32 Å². The molecule has 1 unspecified atom stereocenters. The van der Waals surface area contributed by atoms with Gasteiger partial charge in [-0.25, -0.2) is 0 Å². The molecule has 1 atom stereocenters. The van der Waals surface area contributed by atoms with Gasteiger partial charge in [0.25, 0.3) is 0 Å². The molecular formula is C11H16ClNO2. The van der Waals surface area contributed by atoms with Gasteiger partial charge in [-0.3, -0.25) is 0 Å². The summed E-state index contributed by atoms with van der Waals surface area (Å²) in [6.07, 6.45) is 0.375. The minimum atomic E-state index is -0.341. The lowest BCUT2D eigenvalue weighted by atomic mass is 10.2. The first-order chi connectivity index (χ1) is 7.15. The molecule has 0 fully saturated rings. The highest BCUT2D eigenvalue weighted by atomic mass is 35.5. The van der Waals surface area contributed by atoms with Crippen molar-refractivity contribution in [1.29, 1.82) is 0 Å². The second-order valence-corrected chi connectivity index (χ2v) is 3.85. The average Bonchev–Trinajstić information content (AvgIpc) is 2.24. The summed E-state index contributed by atoms with van der Waals surface area (Å²) < 4.78 is 0. The Kier molecular flexibility index (Phi) is 4.88. The smallest absolute Gasteiger partial charge is 0.138 e. The van der Waals surface area contributed by atoms with Gasteiger partial charge in [0.2, 0.25) is 0 Å². The molecule has 0 aliphatic heterocycles. The summed E-state index contributed by atoms with van der Waals surface area (Å²) >= 11 is 5.76. The monoisotopic (exact) mass is 229 g/mol. The molecule has 0 aliphatic carbocycles. The van der Waals surface area contributed by atoms with Gasteiger partial charge in [-0.15, -0.1) is 0 Å². The number of aliphatic hydroxyl groups is 1. The van der Waals surface area contributed by atoms with Crippen LogP contribution in [0.2, 0.25) is 5.02 Å². The first kappa shape index (κ1) is 12.3. The van der Waals surface area contributed by atoms with Crippen molar-refractivity contribution < 1.29 is 10.2 Å². The van der Waals surface area contributed by atoms with E-state index in [9.17, 15) is 10.2 Å². The quantitative estimate of drug-likeness (QED) is 0.723. The van der Waals surface area contributed by atoms with Crippen molar-refractivity contribution in [2.45, 2.75) is 26.0 Å². The molecule has 0 saturated heterocycles. The predicted molar refractivity (Wildman–Crippen MR) is 61.1 cm³/mol. The van der Waals surface area contributed by atoms with Gasteiger partial charge >= 0.3 is 0 Å². The number of rotatable bonds is 5. The third-order valence-electron chi connectivity index (χ3n) is 2.24. The van der Waals surface area contributed by atoms with Crippen molar-refractivity contribution in [2.75, 3.05) is 6.54 Å². The number of halogens is 1. The van der Waals surface area contributed by atoms with E-state index in [1.165, 1.54) is 0 Å². The van der Waals surface area contributed by atoms with Crippen LogP contribution in [0.15, 0.2) is 18.2 Å². The Hall–Kier alpha value is -0.770. The van der Waals surface area contributed by atoms with Crippen LogP contribution in [0.4, 0.5) is 0 Å². The zero-order chi connectivity index (χ0) is 11.3. The van der Waals surface area contributed by atoms with E-state index in [4.69, 9.17) is 11.6 Å². The molecule has 1 aromatic carbocycles. The topological polar surface area (TPSA) is 52.5 Å². The van der Waals surface area contributed by atoms with Gasteiger partial charge in [0, 0.05) is 18.7 Å². The van der Waals surface area contributed by atoms with Crippen LogP contribution in [0.5, 0.6) is 5.75 Å². The fourth-order valence-corrected chi connectivity index (χ4v) is 1.41. The van der Waals surface area contributed by atoms with E-state index in [-0.39, 0.29) is 11.9 Å². The van der Waals surface area contributed by atoms with Crippen LogP contribution < -0.4 is 5.32 Å². The second-order valence-electron chi connectivity index (χ2n) is 3.44. The largest absolute Gasteiger partial charge is 0.506 e. The molecule has 0 aliphatic rings. The maximum atomic E-state index is 9.59. The van der Waals surface area contributed by atoms with Crippen LogP contribution in [0.3, 0.4) is 0 Å². The fourth-order valence-electron chi connectivity index (χ4n) is 1.22. The first-order valence-electron chi connectivity index (χ1n) is 5.00. The van der Waals surface area contributed by atoms with Crippen molar-refractivity contribution in [1.82, 2.24) is 5.32 Å². The molecule has 0 aromatic heterocycles. The molecule has 0 radical (unpaired) electrons. The standard InChI is InChI=1S/C11H16ClNO2/c1-2-9(14)7-13-6-8-4-3-5-10(12)11(8)15/h3-5,9,13-15H,2,6-7H2,1H3. The molecular weight excluding hydrogens is 214 g/mol. The minimum absolute atomic E-state index is 0.109. The Balaban J connectivity index is 2.47. The lowest BCUT2D eigenvalue weighted by Crippen LogP contribution is -2.25. The van der Waals surface area contributed by atoms with Crippen LogP contribution >= 0.6 is 11.6 Å². The van der Waals surface area contributed by atoms with Crippen molar-refractivity contribution in [3.63, 3.8) is 0 Å². The van der Waals surface area contributed by atoms with Gasteiger partial charge in [0.15, 0.2) is 0 Å². The normalized spacial score (nSPS) is 12.7. The highest BCUT2D eigenvalue weighted by Gasteiger charge is 2.05. The molecule has 1 rings (SSSR count). The fraction of sp³-hybridized carbons (Fsp3) is 0.455. The van der Waals surface area contributed by atoms with Gasteiger partial charge in [0.05, 0.1) is 11.1 Å². The molecule has 0 bridgehead atoms. The van der Waals surface area contributed by atoms with E-state index in [1.807, 2.05) is 6.92 Å². The van der Waals surface area contributed by atoms with E-state index in [0.29, 0.717) is 24.5 Å². The number of hydrogen-bond donors (Lipinski definition) is 3. The number of benzene rings is 1. The van der Waals surface area contributed by atoms with Gasteiger partial charge in [-0.1, -0.05) is 30.7 Å². The van der Waals surface area contributed by atoms with E-state index in [0.717, 1.165) is 5.56 Å². The lowest BCUT2D eigenvalue weighted by Gasteiger charge is -2.10. The highest BCUT2D eigenvalue weighted by Crippen LogP contribution is 2.26. The Morgan fingerprint density at radius 2 is 2.20 bits per heavy atom. The summed E-state index contributed by atoms with van der Waals surface area (Å²) in [7, 11) is 0. The maximum Gasteiger partial charge on any atom is 0.138 e. The molecule has 3 nitrogen and oxygen atoms in total. The number of aromatic hydroxyl groups is 1. The van der Waals surface area contributed by atoms with Gasteiger partial charge in [0.1, 0.15) is 5.75 Å². The number of phenols is 1. The minimum Gasteiger partial charge on any atom is -0.506 e. The molecule has 0 spiro atoms. The second kappa shape index (κ2) is 5.95. The summed E-state index contributed by atoms with van der Waals surface area (Å²) in [5, 5.41) is 22.3. The van der Waals surface area contributed by atoms with Crippen LogP contribution in [0.1, 0.15) is 18.9 Å². The first-order valence-corrected chi connectivity index (χ1v) is 5.38. The average molecular weight is 230 g/mol. The van der Waals surface area contributed by atoms with E-state index >= 15 is 0 Å². The molecule has 0 saturated carbocycles. The number of hydrogen-bond acceptors (Lipinski definition) is 3. The van der Waals surface area contributed by atoms with E-state index in [1.54, 1.807) is 18.2 Å².